The summed E-state index contributed by atoms with van der Waals surface area (Å²) in [5.74, 6) is 0.173. The molecule has 0 spiro atoms. The number of benzene rings is 1. The monoisotopic (exact) mass is 284 g/mol. The van der Waals surface area contributed by atoms with Crippen LogP contribution in [0.25, 0.3) is 0 Å². The molecular weight excluding hydrogens is 260 g/mol. The van der Waals surface area contributed by atoms with Gasteiger partial charge in [0.25, 0.3) is 0 Å². The van der Waals surface area contributed by atoms with Gasteiger partial charge in [0.05, 0.1) is 16.3 Å². The van der Waals surface area contributed by atoms with Crippen molar-refractivity contribution in [2.75, 3.05) is 24.2 Å². The lowest BCUT2D eigenvalue weighted by Crippen LogP contribution is -2.31. The van der Waals surface area contributed by atoms with Crippen LogP contribution in [0.1, 0.15) is 27.2 Å². The second kappa shape index (κ2) is 6.39. The SMILES string of the molecule is CCCS(=O)(=O)c1ccccc1NCC(C)(C)CN. The van der Waals surface area contributed by atoms with Gasteiger partial charge in [0, 0.05) is 6.54 Å². The van der Waals surface area contributed by atoms with E-state index in [0.717, 1.165) is 0 Å². The van der Waals surface area contributed by atoms with Crippen molar-refractivity contribution in [2.24, 2.45) is 11.1 Å². The summed E-state index contributed by atoms with van der Waals surface area (Å²) in [4.78, 5) is 0.379. The average molecular weight is 284 g/mol. The van der Waals surface area contributed by atoms with E-state index >= 15 is 0 Å². The van der Waals surface area contributed by atoms with Crippen molar-refractivity contribution >= 4 is 15.5 Å². The molecule has 4 nitrogen and oxygen atoms in total. The van der Waals surface area contributed by atoms with E-state index in [-0.39, 0.29) is 11.2 Å². The maximum atomic E-state index is 12.2. The van der Waals surface area contributed by atoms with Crippen molar-refractivity contribution in [2.45, 2.75) is 32.1 Å². The maximum Gasteiger partial charge on any atom is 0.180 e. The highest BCUT2D eigenvalue weighted by Gasteiger charge is 2.20. The summed E-state index contributed by atoms with van der Waals surface area (Å²) < 4.78 is 24.4. The van der Waals surface area contributed by atoms with Crippen LogP contribution in [-0.2, 0) is 9.84 Å². The van der Waals surface area contributed by atoms with Crippen LogP contribution in [0.3, 0.4) is 0 Å². The Balaban J connectivity index is 2.97. The third kappa shape index (κ3) is 4.51. The van der Waals surface area contributed by atoms with Crippen LogP contribution in [0, 0.1) is 5.41 Å². The highest BCUT2D eigenvalue weighted by Crippen LogP contribution is 2.24. The van der Waals surface area contributed by atoms with Crippen LogP contribution in [0.4, 0.5) is 5.69 Å². The normalized spacial score (nSPS) is 12.4. The predicted octanol–water partition coefficient (Wildman–Crippen LogP) is 2.27. The van der Waals surface area contributed by atoms with Gasteiger partial charge in [-0.05, 0) is 30.5 Å². The molecule has 0 heterocycles. The first kappa shape index (κ1) is 16.0. The molecule has 0 aliphatic carbocycles. The molecule has 1 rings (SSSR count). The molecule has 1 aromatic rings. The molecule has 0 amide bonds. The Morgan fingerprint density at radius 3 is 2.47 bits per heavy atom. The molecule has 3 N–H and O–H groups in total. The molecule has 1 aromatic carbocycles. The number of para-hydroxylation sites is 1. The summed E-state index contributed by atoms with van der Waals surface area (Å²) in [6.45, 7) is 7.14. The van der Waals surface area contributed by atoms with E-state index < -0.39 is 9.84 Å². The van der Waals surface area contributed by atoms with Crippen LogP contribution >= 0.6 is 0 Å². The Labute approximate surface area is 116 Å². The van der Waals surface area contributed by atoms with Crippen LogP contribution in [0.5, 0.6) is 0 Å². The highest BCUT2D eigenvalue weighted by atomic mass is 32.2. The fraction of sp³-hybridized carbons (Fsp3) is 0.571. The van der Waals surface area contributed by atoms with Crippen molar-refractivity contribution in [1.82, 2.24) is 0 Å². The van der Waals surface area contributed by atoms with Gasteiger partial charge in [-0.3, -0.25) is 0 Å². The van der Waals surface area contributed by atoms with Gasteiger partial charge in [0.2, 0.25) is 0 Å². The zero-order valence-corrected chi connectivity index (χ0v) is 12.8. The van der Waals surface area contributed by atoms with Crippen molar-refractivity contribution < 1.29 is 8.42 Å². The van der Waals surface area contributed by atoms with E-state index in [0.29, 0.717) is 30.1 Å². The Morgan fingerprint density at radius 1 is 1.26 bits per heavy atom. The molecule has 0 saturated carbocycles. The molecule has 19 heavy (non-hydrogen) atoms. The van der Waals surface area contributed by atoms with Gasteiger partial charge in [-0.1, -0.05) is 32.9 Å². The zero-order chi connectivity index (χ0) is 14.5. The predicted molar refractivity (Wildman–Crippen MR) is 80.1 cm³/mol. The molecule has 0 aliphatic heterocycles. The largest absolute Gasteiger partial charge is 0.383 e. The Morgan fingerprint density at radius 2 is 1.89 bits per heavy atom. The van der Waals surface area contributed by atoms with Crippen LogP contribution in [0.2, 0.25) is 0 Å². The first-order valence-corrected chi connectivity index (χ1v) is 8.23. The average Bonchev–Trinajstić information content (AvgIpc) is 2.37. The van der Waals surface area contributed by atoms with E-state index in [2.05, 4.69) is 5.32 Å². The van der Waals surface area contributed by atoms with Gasteiger partial charge >= 0.3 is 0 Å². The van der Waals surface area contributed by atoms with Crippen LogP contribution in [-0.4, -0.2) is 27.3 Å². The van der Waals surface area contributed by atoms with Gasteiger partial charge in [-0.15, -0.1) is 0 Å². The number of hydrogen-bond donors (Lipinski definition) is 2. The summed E-state index contributed by atoms with van der Waals surface area (Å²) in [6, 6.07) is 7.04. The van der Waals surface area contributed by atoms with Crippen molar-refractivity contribution in [3.63, 3.8) is 0 Å². The maximum absolute atomic E-state index is 12.2. The fourth-order valence-corrected chi connectivity index (χ4v) is 3.19. The Bertz CT molecular complexity index is 510. The topological polar surface area (TPSA) is 72.2 Å². The highest BCUT2D eigenvalue weighted by molar-refractivity contribution is 7.91. The summed E-state index contributed by atoms with van der Waals surface area (Å²) >= 11 is 0. The van der Waals surface area contributed by atoms with Crippen LogP contribution in [0.15, 0.2) is 29.2 Å². The number of hydrogen-bond acceptors (Lipinski definition) is 4. The lowest BCUT2D eigenvalue weighted by Gasteiger charge is -2.24. The van der Waals surface area contributed by atoms with Crippen molar-refractivity contribution in [3.8, 4) is 0 Å². The molecule has 0 radical (unpaired) electrons. The number of rotatable bonds is 7. The molecule has 0 saturated heterocycles. The summed E-state index contributed by atoms with van der Waals surface area (Å²) in [6.07, 6.45) is 0.616. The molecular formula is C14H24N2O2S. The van der Waals surface area contributed by atoms with E-state index in [1.54, 1.807) is 18.2 Å². The van der Waals surface area contributed by atoms with Crippen LogP contribution < -0.4 is 11.1 Å². The number of nitrogens with one attached hydrogen (secondary N) is 1. The van der Waals surface area contributed by atoms with Crippen molar-refractivity contribution in [1.29, 1.82) is 0 Å². The molecule has 0 unspecified atom stereocenters. The van der Waals surface area contributed by atoms with Gasteiger partial charge in [-0.2, -0.15) is 0 Å². The van der Waals surface area contributed by atoms with E-state index in [9.17, 15) is 8.42 Å². The smallest absolute Gasteiger partial charge is 0.180 e. The standard InChI is InChI=1S/C14H24N2O2S/c1-4-9-19(17,18)13-8-6-5-7-12(13)16-11-14(2,3)10-15/h5-8,16H,4,9-11,15H2,1-3H3. The van der Waals surface area contributed by atoms with Gasteiger partial charge < -0.3 is 11.1 Å². The van der Waals surface area contributed by atoms with Gasteiger partial charge in [0.1, 0.15) is 0 Å². The summed E-state index contributed by atoms with van der Waals surface area (Å²) in [5, 5.41) is 3.21. The number of sulfone groups is 1. The molecule has 0 aromatic heterocycles. The zero-order valence-electron chi connectivity index (χ0n) is 11.9. The Kier molecular flexibility index (Phi) is 5.38. The molecule has 0 atom stereocenters. The Hall–Kier alpha value is -1.07. The van der Waals surface area contributed by atoms with Gasteiger partial charge in [-0.25, -0.2) is 8.42 Å². The lowest BCUT2D eigenvalue weighted by molar-refractivity contribution is 0.405. The molecule has 0 fully saturated rings. The molecule has 0 bridgehead atoms. The fourth-order valence-electron chi connectivity index (χ4n) is 1.67. The first-order chi connectivity index (χ1) is 8.82. The van der Waals surface area contributed by atoms with E-state index in [4.69, 9.17) is 5.73 Å². The minimum absolute atomic E-state index is 0.0678. The first-order valence-electron chi connectivity index (χ1n) is 6.58. The quantitative estimate of drug-likeness (QED) is 0.805. The number of anilines is 1. The lowest BCUT2D eigenvalue weighted by atomic mass is 9.94. The molecule has 5 heteroatoms. The minimum Gasteiger partial charge on any atom is -0.383 e. The summed E-state index contributed by atoms with van der Waals surface area (Å²) in [5.41, 5.74) is 6.28. The second-order valence-corrected chi connectivity index (χ2v) is 7.61. The third-order valence-electron chi connectivity index (χ3n) is 3.00. The number of nitrogens with two attached hydrogens (primary N) is 1. The molecule has 0 aliphatic rings. The second-order valence-electron chi connectivity index (χ2n) is 5.54. The van der Waals surface area contributed by atoms with E-state index in [1.165, 1.54) is 0 Å². The third-order valence-corrected chi connectivity index (χ3v) is 4.98. The minimum atomic E-state index is -3.21. The van der Waals surface area contributed by atoms with E-state index in [1.807, 2.05) is 26.8 Å². The van der Waals surface area contributed by atoms with Crippen molar-refractivity contribution in [3.05, 3.63) is 24.3 Å². The summed E-state index contributed by atoms with van der Waals surface area (Å²) in [7, 11) is -3.21. The molecule has 108 valence electrons. The van der Waals surface area contributed by atoms with Gasteiger partial charge in [0.15, 0.2) is 9.84 Å².